The minimum Gasteiger partial charge on any atom is -0.489 e. The number of unbranched alkanes of at least 4 members (excludes halogenated alkanes) is 4. The van der Waals surface area contributed by atoms with Gasteiger partial charge in [0.15, 0.2) is 0 Å². The maximum Gasteiger partial charge on any atom is 0.248 e. The van der Waals surface area contributed by atoms with E-state index in [1.807, 2.05) is 30.3 Å². The number of sulfonamides is 1. The largest absolute Gasteiger partial charge is 0.489 e. The van der Waals surface area contributed by atoms with E-state index in [0.717, 1.165) is 36.8 Å². The van der Waals surface area contributed by atoms with E-state index in [-0.39, 0.29) is 12.3 Å². The van der Waals surface area contributed by atoms with E-state index >= 15 is 0 Å². The van der Waals surface area contributed by atoms with Crippen LogP contribution < -0.4 is 20.5 Å². The Balaban J connectivity index is 1.70. The van der Waals surface area contributed by atoms with E-state index in [2.05, 4.69) is 17.0 Å². The van der Waals surface area contributed by atoms with Crippen molar-refractivity contribution in [1.82, 2.24) is 10.0 Å². The number of benzene rings is 3. The summed E-state index contributed by atoms with van der Waals surface area (Å²) in [6.07, 6.45) is 4.47. The Kier molecular flexibility index (Phi) is 11.5. The summed E-state index contributed by atoms with van der Waals surface area (Å²) in [7, 11) is -3.71. The number of carbonyl (C=O) groups excluding carboxylic acids is 2. The number of hydrogen-bond donors (Lipinski definition) is 3. The molecule has 39 heavy (non-hydrogen) atoms. The molecule has 208 valence electrons. The first kappa shape index (κ1) is 29.9. The minimum absolute atomic E-state index is 0.0483. The van der Waals surface area contributed by atoms with Crippen LogP contribution in [-0.2, 0) is 28.0 Å². The van der Waals surface area contributed by atoms with Gasteiger partial charge in [-0.25, -0.2) is 8.42 Å². The zero-order chi connectivity index (χ0) is 28.1. The molecule has 0 fully saturated rings. The standard InChI is InChI=1S/C30H37N3O5S/c1-2-3-4-5-9-20-39(36,37)33-28(30(35)32-21-23-12-14-26(15-13-23)29(31)34)25-16-18-27(19-17-25)38-22-24-10-7-6-8-11-24/h6-8,10-19,28,33H,2-5,9,20-22H2,1H3,(H2,31,34)(H,32,35)/t28-/m0/s1. The molecule has 8 nitrogen and oxygen atoms in total. The third kappa shape index (κ3) is 10.2. The zero-order valence-electron chi connectivity index (χ0n) is 22.3. The molecule has 9 heteroatoms. The van der Waals surface area contributed by atoms with Crippen molar-refractivity contribution in [3.63, 3.8) is 0 Å². The topological polar surface area (TPSA) is 128 Å². The summed E-state index contributed by atoms with van der Waals surface area (Å²) in [6, 6.07) is 22.0. The summed E-state index contributed by atoms with van der Waals surface area (Å²) in [4.78, 5) is 24.5. The summed E-state index contributed by atoms with van der Waals surface area (Å²) in [5.41, 5.74) is 7.92. The summed E-state index contributed by atoms with van der Waals surface area (Å²) < 4.78 is 34.2. The van der Waals surface area contributed by atoms with Crippen molar-refractivity contribution in [3.8, 4) is 5.75 Å². The van der Waals surface area contributed by atoms with Crippen LogP contribution in [0.5, 0.6) is 5.75 Å². The Hall–Kier alpha value is -3.69. The Bertz CT molecular complexity index is 1290. The Morgan fingerprint density at radius 3 is 2.15 bits per heavy atom. The van der Waals surface area contributed by atoms with Crippen molar-refractivity contribution < 1.29 is 22.7 Å². The van der Waals surface area contributed by atoms with Crippen molar-refractivity contribution in [2.75, 3.05) is 5.75 Å². The van der Waals surface area contributed by atoms with Gasteiger partial charge >= 0.3 is 0 Å². The van der Waals surface area contributed by atoms with Crippen LogP contribution in [0.4, 0.5) is 0 Å². The Morgan fingerprint density at radius 2 is 1.51 bits per heavy atom. The van der Waals surface area contributed by atoms with Crippen molar-refractivity contribution in [2.24, 2.45) is 5.73 Å². The number of carbonyl (C=O) groups is 2. The molecule has 0 unspecified atom stereocenters. The van der Waals surface area contributed by atoms with Crippen molar-refractivity contribution in [2.45, 2.75) is 58.2 Å². The van der Waals surface area contributed by atoms with Crippen molar-refractivity contribution in [1.29, 1.82) is 0 Å². The van der Waals surface area contributed by atoms with Gasteiger partial charge in [0.25, 0.3) is 0 Å². The van der Waals surface area contributed by atoms with Crippen LogP contribution in [0, 0.1) is 0 Å². The van der Waals surface area contributed by atoms with Gasteiger partial charge in [-0.05, 0) is 47.4 Å². The van der Waals surface area contributed by atoms with Gasteiger partial charge in [-0.2, -0.15) is 4.72 Å². The van der Waals surface area contributed by atoms with Crippen LogP contribution in [0.15, 0.2) is 78.9 Å². The maximum absolute atomic E-state index is 13.2. The lowest BCUT2D eigenvalue weighted by Gasteiger charge is -2.20. The van der Waals surface area contributed by atoms with Crippen LogP contribution in [0.3, 0.4) is 0 Å². The molecule has 3 rings (SSSR count). The second kappa shape index (κ2) is 15.0. The minimum atomic E-state index is -3.71. The van der Waals surface area contributed by atoms with E-state index in [4.69, 9.17) is 10.5 Å². The zero-order valence-corrected chi connectivity index (χ0v) is 23.1. The first-order valence-corrected chi connectivity index (χ1v) is 14.9. The summed E-state index contributed by atoms with van der Waals surface area (Å²) in [6.45, 7) is 2.65. The van der Waals surface area contributed by atoms with Gasteiger partial charge in [0.2, 0.25) is 21.8 Å². The molecule has 0 spiro atoms. The monoisotopic (exact) mass is 551 g/mol. The van der Waals surface area contributed by atoms with Gasteiger partial charge in [0.05, 0.1) is 5.75 Å². The number of rotatable bonds is 16. The molecule has 0 bridgehead atoms. The molecular formula is C30H37N3O5S. The molecule has 4 N–H and O–H groups in total. The first-order valence-electron chi connectivity index (χ1n) is 13.2. The number of hydrogen-bond acceptors (Lipinski definition) is 5. The normalized spacial score (nSPS) is 12.0. The van der Waals surface area contributed by atoms with Crippen LogP contribution in [0.1, 0.15) is 72.1 Å². The van der Waals surface area contributed by atoms with E-state index in [1.54, 1.807) is 48.5 Å². The van der Waals surface area contributed by atoms with E-state index in [9.17, 15) is 18.0 Å². The predicted octanol–water partition coefficient (Wildman–Crippen LogP) is 4.61. The van der Waals surface area contributed by atoms with E-state index in [1.165, 1.54) is 0 Å². The number of nitrogens with one attached hydrogen (secondary N) is 2. The van der Waals surface area contributed by atoms with Gasteiger partial charge in [-0.1, -0.05) is 87.2 Å². The van der Waals surface area contributed by atoms with E-state index < -0.39 is 27.9 Å². The van der Waals surface area contributed by atoms with E-state index in [0.29, 0.717) is 29.9 Å². The second-order valence-corrected chi connectivity index (χ2v) is 11.3. The van der Waals surface area contributed by atoms with Crippen LogP contribution in [0.2, 0.25) is 0 Å². The van der Waals surface area contributed by atoms with Crippen molar-refractivity contribution >= 4 is 21.8 Å². The molecule has 0 aliphatic carbocycles. The molecule has 0 aliphatic heterocycles. The fraction of sp³-hybridized carbons (Fsp3) is 0.333. The third-order valence-corrected chi connectivity index (χ3v) is 7.66. The molecule has 0 heterocycles. The molecule has 0 aromatic heterocycles. The summed E-state index contributed by atoms with van der Waals surface area (Å²) >= 11 is 0. The Labute approximate surface area is 231 Å². The van der Waals surface area contributed by atoms with Crippen molar-refractivity contribution in [3.05, 3.63) is 101 Å². The molecule has 1 atom stereocenters. The van der Waals surface area contributed by atoms with Crippen LogP contribution in [-0.4, -0.2) is 26.0 Å². The van der Waals surface area contributed by atoms with Gasteiger partial charge < -0.3 is 15.8 Å². The molecule has 0 saturated carbocycles. The lowest BCUT2D eigenvalue weighted by molar-refractivity contribution is -0.123. The molecule has 0 saturated heterocycles. The highest BCUT2D eigenvalue weighted by Crippen LogP contribution is 2.21. The first-order chi connectivity index (χ1) is 18.8. The average molecular weight is 552 g/mol. The van der Waals surface area contributed by atoms with Gasteiger partial charge in [0.1, 0.15) is 18.4 Å². The quantitative estimate of drug-likeness (QED) is 0.224. The summed E-state index contributed by atoms with van der Waals surface area (Å²) in [5.74, 6) is -0.463. The number of ether oxygens (including phenoxy) is 1. The smallest absolute Gasteiger partial charge is 0.248 e. The number of amides is 2. The predicted molar refractivity (Wildman–Crippen MR) is 152 cm³/mol. The lowest BCUT2D eigenvalue weighted by atomic mass is 10.1. The highest BCUT2D eigenvalue weighted by molar-refractivity contribution is 7.89. The highest BCUT2D eigenvalue weighted by atomic mass is 32.2. The molecular weight excluding hydrogens is 514 g/mol. The van der Waals surface area contributed by atoms with Gasteiger partial charge in [0, 0.05) is 12.1 Å². The third-order valence-electron chi connectivity index (χ3n) is 6.24. The molecule has 2 amide bonds. The average Bonchev–Trinajstić information content (AvgIpc) is 2.94. The fourth-order valence-corrected chi connectivity index (χ4v) is 5.29. The summed E-state index contributed by atoms with van der Waals surface area (Å²) in [5, 5.41) is 2.80. The number of nitrogens with two attached hydrogens (primary N) is 1. The molecule has 3 aromatic carbocycles. The van der Waals surface area contributed by atoms with Crippen LogP contribution in [0.25, 0.3) is 0 Å². The highest BCUT2D eigenvalue weighted by Gasteiger charge is 2.26. The molecule has 0 aliphatic rings. The number of primary amides is 1. The SMILES string of the molecule is CCCCCCCS(=O)(=O)N[C@H](C(=O)NCc1ccc(C(N)=O)cc1)c1ccc(OCc2ccccc2)cc1. The van der Waals surface area contributed by atoms with Crippen LogP contribution >= 0.6 is 0 Å². The lowest BCUT2D eigenvalue weighted by Crippen LogP contribution is -2.41. The fourth-order valence-electron chi connectivity index (χ4n) is 3.98. The Morgan fingerprint density at radius 1 is 0.846 bits per heavy atom. The van der Waals surface area contributed by atoms with Gasteiger partial charge in [-0.3, -0.25) is 9.59 Å². The molecule has 0 radical (unpaired) electrons. The molecule has 3 aromatic rings. The van der Waals surface area contributed by atoms with Gasteiger partial charge in [-0.15, -0.1) is 0 Å². The maximum atomic E-state index is 13.2. The second-order valence-electron chi connectivity index (χ2n) is 9.41.